The minimum Gasteiger partial charge on any atom is -0.481 e. The highest BCUT2D eigenvalue weighted by Crippen LogP contribution is 2.28. The summed E-state index contributed by atoms with van der Waals surface area (Å²) in [4.78, 5) is 20.5. The average Bonchev–Trinajstić information content (AvgIpc) is 3.08. The molecule has 0 aliphatic carbocycles. The molecular weight excluding hydrogens is 306 g/mol. The standard InChI is InChI=1S/C17H15N5O2/c1-24-16-8-12(7-13(20-16)11-3-2-4-18-10-11)14-9-15-17(23)19-5-6-22(15)21-14/h2-4,7-10H,5-6H2,1H3,(H,19,23). The smallest absolute Gasteiger partial charge is 0.269 e. The van der Waals surface area contributed by atoms with Crippen LogP contribution < -0.4 is 10.1 Å². The molecule has 0 unspecified atom stereocenters. The van der Waals surface area contributed by atoms with E-state index in [2.05, 4.69) is 20.4 Å². The van der Waals surface area contributed by atoms with Crippen LogP contribution >= 0.6 is 0 Å². The second kappa shape index (κ2) is 5.77. The van der Waals surface area contributed by atoms with Crippen molar-refractivity contribution in [1.29, 1.82) is 0 Å². The lowest BCUT2D eigenvalue weighted by Gasteiger charge is -2.13. The van der Waals surface area contributed by atoms with E-state index in [0.717, 1.165) is 16.8 Å². The van der Waals surface area contributed by atoms with Gasteiger partial charge in [0.1, 0.15) is 5.69 Å². The second-order valence-corrected chi connectivity index (χ2v) is 5.42. The highest BCUT2D eigenvalue weighted by Gasteiger charge is 2.20. The molecule has 0 atom stereocenters. The maximum atomic E-state index is 11.9. The van der Waals surface area contributed by atoms with Crippen LogP contribution in [0.5, 0.6) is 5.88 Å². The van der Waals surface area contributed by atoms with Crippen LogP contribution in [-0.2, 0) is 6.54 Å². The summed E-state index contributed by atoms with van der Waals surface area (Å²) in [7, 11) is 1.57. The lowest BCUT2D eigenvalue weighted by atomic mass is 10.1. The van der Waals surface area contributed by atoms with Crippen molar-refractivity contribution in [3.8, 4) is 28.4 Å². The highest BCUT2D eigenvalue weighted by molar-refractivity contribution is 5.94. The maximum Gasteiger partial charge on any atom is 0.269 e. The summed E-state index contributed by atoms with van der Waals surface area (Å²) >= 11 is 0. The summed E-state index contributed by atoms with van der Waals surface area (Å²) in [5.74, 6) is 0.385. The van der Waals surface area contributed by atoms with Gasteiger partial charge in [0.15, 0.2) is 0 Å². The molecule has 0 radical (unpaired) electrons. The molecule has 0 spiro atoms. The van der Waals surface area contributed by atoms with Crippen molar-refractivity contribution in [1.82, 2.24) is 25.1 Å². The normalized spacial score (nSPS) is 13.3. The minimum atomic E-state index is -0.103. The SMILES string of the molecule is COc1cc(-c2cc3n(n2)CCNC3=O)cc(-c2cccnc2)n1. The first-order valence-corrected chi connectivity index (χ1v) is 7.57. The highest BCUT2D eigenvalue weighted by atomic mass is 16.5. The number of pyridine rings is 2. The number of fused-ring (bicyclic) bond motifs is 1. The number of methoxy groups -OCH3 is 1. The van der Waals surface area contributed by atoms with Gasteiger partial charge in [0, 0.05) is 36.1 Å². The molecule has 0 bridgehead atoms. The second-order valence-electron chi connectivity index (χ2n) is 5.42. The zero-order valence-corrected chi connectivity index (χ0v) is 13.1. The molecule has 4 rings (SSSR count). The average molecular weight is 321 g/mol. The number of hydrogen-bond donors (Lipinski definition) is 1. The van der Waals surface area contributed by atoms with E-state index in [4.69, 9.17) is 4.74 Å². The largest absolute Gasteiger partial charge is 0.481 e. The third-order valence-electron chi connectivity index (χ3n) is 3.89. The van der Waals surface area contributed by atoms with Gasteiger partial charge in [-0.1, -0.05) is 0 Å². The molecule has 0 aromatic carbocycles. The van der Waals surface area contributed by atoms with Crippen LogP contribution in [0.2, 0.25) is 0 Å². The number of carbonyl (C=O) groups is 1. The van der Waals surface area contributed by atoms with Gasteiger partial charge < -0.3 is 10.1 Å². The van der Waals surface area contributed by atoms with Crippen molar-refractivity contribution < 1.29 is 9.53 Å². The third kappa shape index (κ3) is 2.50. The predicted molar refractivity (Wildman–Crippen MR) is 87.6 cm³/mol. The molecule has 24 heavy (non-hydrogen) atoms. The summed E-state index contributed by atoms with van der Waals surface area (Å²) in [6.07, 6.45) is 3.46. The Morgan fingerprint density at radius 2 is 2.12 bits per heavy atom. The molecule has 120 valence electrons. The monoisotopic (exact) mass is 321 g/mol. The molecular formula is C17H15N5O2. The van der Waals surface area contributed by atoms with E-state index in [0.29, 0.717) is 30.4 Å². The Morgan fingerprint density at radius 1 is 1.21 bits per heavy atom. The Bertz CT molecular complexity index is 905. The van der Waals surface area contributed by atoms with Crippen LogP contribution in [0, 0.1) is 0 Å². The molecule has 1 aliphatic rings. The van der Waals surface area contributed by atoms with E-state index in [1.165, 1.54) is 0 Å². The molecule has 0 saturated carbocycles. The molecule has 1 aliphatic heterocycles. The molecule has 7 nitrogen and oxygen atoms in total. The van der Waals surface area contributed by atoms with E-state index in [9.17, 15) is 4.79 Å². The summed E-state index contributed by atoms with van der Waals surface area (Å²) < 4.78 is 7.04. The van der Waals surface area contributed by atoms with E-state index in [1.807, 2.05) is 24.3 Å². The quantitative estimate of drug-likeness (QED) is 0.795. The number of amides is 1. The number of nitrogens with zero attached hydrogens (tertiary/aromatic N) is 4. The van der Waals surface area contributed by atoms with Crippen LogP contribution in [0.1, 0.15) is 10.5 Å². The molecule has 3 aromatic rings. The van der Waals surface area contributed by atoms with Crippen molar-refractivity contribution in [2.45, 2.75) is 6.54 Å². The van der Waals surface area contributed by atoms with E-state index >= 15 is 0 Å². The topological polar surface area (TPSA) is 81.9 Å². The molecule has 0 fully saturated rings. The van der Waals surface area contributed by atoms with Gasteiger partial charge in [0.2, 0.25) is 5.88 Å². The molecule has 1 N–H and O–H groups in total. The summed E-state index contributed by atoms with van der Waals surface area (Å²) in [5, 5.41) is 7.36. The van der Waals surface area contributed by atoms with Crippen molar-refractivity contribution >= 4 is 5.91 Å². The Morgan fingerprint density at radius 3 is 2.88 bits per heavy atom. The first-order valence-electron chi connectivity index (χ1n) is 7.57. The van der Waals surface area contributed by atoms with Crippen molar-refractivity contribution in [2.75, 3.05) is 13.7 Å². The number of ether oxygens (including phenoxy) is 1. The first-order chi connectivity index (χ1) is 11.7. The molecule has 0 saturated heterocycles. The van der Waals surface area contributed by atoms with E-state index < -0.39 is 0 Å². The first kappa shape index (κ1) is 14.4. The number of hydrogen-bond acceptors (Lipinski definition) is 5. The number of rotatable bonds is 3. The van der Waals surface area contributed by atoms with Gasteiger partial charge in [-0.15, -0.1) is 0 Å². The Kier molecular flexibility index (Phi) is 3.45. The van der Waals surface area contributed by atoms with Crippen molar-refractivity contribution in [3.63, 3.8) is 0 Å². The van der Waals surface area contributed by atoms with Gasteiger partial charge in [0.05, 0.1) is 25.0 Å². The van der Waals surface area contributed by atoms with E-state index in [1.54, 1.807) is 30.3 Å². The fourth-order valence-electron chi connectivity index (χ4n) is 2.70. The van der Waals surface area contributed by atoms with Crippen molar-refractivity contribution in [3.05, 3.63) is 48.4 Å². The van der Waals surface area contributed by atoms with Crippen LogP contribution in [-0.4, -0.2) is 39.3 Å². The zero-order chi connectivity index (χ0) is 16.5. The van der Waals surface area contributed by atoms with E-state index in [-0.39, 0.29) is 5.91 Å². The molecule has 7 heteroatoms. The number of nitrogens with one attached hydrogen (secondary N) is 1. The van der Waals surface area contributed by atoms with Crippen LogP contribution in [0.15, 0.2) is 42.7 Å². The lowest BCUT2D eigenvalue weighted by molar-refractivity contribution is 0.0924. The maximum absolute atomic E-state index is 11.9. The molecule has 1 amide bonds. The Labute approximate surface area is 138 Å². The van der Waals surface area contributed by atoms with Crippen LogP contribution in [0.3, 0.4) is 0 Å². The van der Waals surface area contributed by atoms with Gasteiger partial charge in [-0.25, -0.2) is 4.98 Å². The van der Waals surface area contributed by atoms with Crippen LogP contribution in [0.25, 0.3) is 22.5 Å². The molecule has 4 heterocycles. The van der Waals surface area contributed by atoms with Gasteiger partial charge in [-0.3, -0.25) is 14.5 Å². The summed E-state index contributed by atoms with van der Waals surface area (Å²) in [6, 6.07) is 9.31. The van der Waals surface area contributed by atoms with Gasteiger partial charge in [0.25, 0.3) is 5.91 Å². The van der Waals surface area contributed by atoms with Crippen LogP contribution in [0.4, 0.5) is 0 Å². The van der Waals surface area contributed by atoms with Crippen molar-refractivity contribution in [2.24, 2.45) is 0 Å². The minimum absolute atomic E-state index is 0.103. The Balaban J connectivity index is 1.82. The fraction of sp³-hybridized carbons (Fsp3) is 0.176. The number of aromatic nitrogens is 4. The number of carbonyl (C=O) groups excluding carboxylic acids is 1. The summed E-state index contributed by atoms with van der Waals surface area (Å²) in [5.41, 5.74) is 3.76. The predicted octanol–water partition coefficient (Wildman–Crippen LogP) is 1.76. The summed E-state index contributed by atoms with van der Waals surface area (Å²) in [6.45, 7) is 1.26. The van der Waals surface area contributed by atoms with Gasteiger partial charge >= 0.3 is 0 Å². The van der Waals surface area contributed by atoms with Gasteiger partial charge in [-0.05, 0) is 24.3 Å². The zero-order valence-electron chi connectivity index (χ0n) is 13.1. The molecule has 3 aromatic heterocycles. The Hall–Kier alpha value is -3.22. The lowest BCUT2D eigenvalue weighted by Crippen LogP contribution is -2.35. The van der Waals surface area contributed by atoms with Gasteiger partial charge in [-0.2, -0.15) is 5.10 Å². The third-order valence-corrected chi connectivity index (χ3v) is 3.89. The fourth-order valence-corrected chi connectivity index (χ4v) is 2.70.